The summed E-state index contributed by atoms with van der Waals surface area (Å²) >= 11 is 5.95. The van der Waals surface area contributed by atoms with Crippen molar-refractivity contribution in [2.24, 2.45) is 5.92 Å². The molecule has 2 heterocycles. The number of rotatable bonds is 6. The average Bonchev–Trinajstić information content (AvgIpc) is 2.73. The molecule has 154 valence electrons. The lowest BCUT2D eigenvalue weighted by Gasteiger charge is -2.47. The van der Waals surface area contributed by atoms with Crippen LogP contribution in [0.2, 0.25) is 5.15 Å². The molecule has 0 unspecified atom stereocenters. The van der Waals surface area contributed by atoms with Crippen LogP contribution < -0.4 is 5.32 Å². The van der Waals surface area contributed by atoms with Gasteiger partial charge in [-0.3, -0.25) is 14.7 Å². The normalized spacial score (nSPS) is 21.6. The number of nitrogens with one attached hydrogen (secondary N) is 1. The van der Waals surface area contributed by atoms with Gasteiger partial charge in [0.1, 0.15) is 0 Å². The minimum Gasteiger partial charge on any atom is -0.465 e. The van der Waals surface area contributed by atoms with Crippen LogP contribution >= 0.6 is 11.6 Å². The molecule has 0 spiro atoms. The maximum atomic E-state index is 12.6. The maximum absolute atomic E-state index is 12.6. The summed E-state index contributed by atoms with van der Waals surface area (Å²) in [5.41, 5.74) is 0.438. The van der Waals surface area contributed by atoms with Gasteiger partial charge in [0.05, 0.1) is 30.3 Å². The zero-order valence-corrected chi connectivity index (χ0v) is 16.5. The number of nitrogens with zero attached hydrogens (tertiary/aromatic N) is 3. The summed E-state index contributed by atoms with van der Waals surface area (Å²) in [5, 5.41) is 22.8. The van der Waals surface area contributed by atoms with Gasteiger partial charge in [-0.25, -0.2) is 9.78 Å². The van der Waals surface area contributed by atoms with Gasteiger partial charge < -0.3 is 15.5 Å². The number of aliphatic hydroxyl groups excluding tert-OH is 1. The Labute approximate surface area is 173 Å². The maximum Gasteiger partial charge on any atom is 0.407 e. The Balaban J connectivity index is 1.69. The Hall–Kier alpha value is -2.71. The molecule has 2 amide bonds. The molecule has 3 rings (SSSR count). The van der Waals surface area contributed by atoms with E-state index in [0.29, 0.717) is 25.0 Å². The van der Waals surface area contributed by atoms with E-state index < -0.39 is 17.6 Å². The Kier molecular flexibility index (Phi) is 6.66. The smallest absolute Gasteiger partial charge is 0.407 e. The lowest BCUT2D eigenvalue weighted by molar-refractivity contribution is -0.128. The molecule has 3 N–H and O–H groups in total. The second-order valence-corrected chi connectivity index (χ2v) is 7.54. The van der Waals surface area contributed by atoms with Crippen LogP contribution in [0, 0.1) is 5.92 Å². The molecule has 0 radical (unpaired) electrons. The zero-order valence-electron chi connectivity index (χ0n) is 15.8. The van der Waals surface area contributed by atoms with E-state index in [1.807, 2.05) is 30.3 Å². The predicted molar refractivity (Wildman–Crippen MR) is 106 cm³/mol. The van der Waals surface area contributed by atoms with Crippen LogP contribution in [-0.2, 0) is 17.8 Å². The van der Waals surface area contributed by atoms with E-state index in [1.165, 1.54) is 17.3 Å². The van der Waals surface area contributed by atoms with E-state index in [-0.39, 0.29) is 30.8 Å². The third-order valence-corrected chi connectivity index (χ3v) is 5.67. The first-order chi connectivity index (χ1) is 13.9. The highest BCUT2D eigenvalue weighted by atomic mass is 35.5. The summed E-state index contributed by atoms with van der Waals surface area (Å²) in [6, 6.07) is 9.45. The van der Waals surface area contributed by atoms with Crippen LogP contribution in [0.5, 0.6) is 0 Å². The summed E-state index contributed by atoms with van der Waals surface area (Å²) in [6.45, 7) is -0.176. The van der Waals surface area contributed by atoms with Gasteiger partial charge in [-0.2, -0.15) is 0 Å². The first-order valence-electron chi connectivity index (χ1n) is 9.33. The zero-order chi connectivity index (χ0) is 20.9. The van der Waals surface area contributed by atoms with Gasteiger partial charge >= 0.3 is 6.09 Å². The molecule has 2 aromatic rings. The quantitative estimate of drug-likeness (QED) is 0.661. The first-order valence-corrected chi connectivity index (χ1v) is 9.71. The van der Waals surface area contributed by atoms with Crippen molar-refractivity contribution in [2.75, 3.05) is 13.2 Å². The number of benzene rings is 1. The number of hydrogen-bond donors (Lipinski definition) is 3. The fourth-order valence-corrected chi connectivity index (χ4v) is 3.91. The minimum atomic E-state index is -1.15. The molecule has 0 bridgehead atoms. The molecule has 8 nitrogen and oxygen atoms in total. The molecular formula is C20H23ClN4O4. The van der Waals surface area contributed by atoms with E-state index in [2.05, 4.69) is 15.3 Å². The van der Waals surface area contributed by atoms with Gasteiger partial charge in [-0.15, -0.1) is 0 Å². The molecule has 29 heavy (non-hydrogen) atoms. The number of carbonyl (C=O) groups is 2. The fourth-order valence-electron chi connectivity index (χ4n) is 3.74. The summed E-state index contributed by atoms with van der Waals surface area (Å²) < 4.78 is 0. The standard InChI is InChI=1S/C20H23ClN4O4/c21-17-16(22-8-9-23-17)11-24-18(27)15-6-7-20(13-26,25(12-15)19(28)29)10-14-4-2-1-3-5-14/h1-5,8-9,15,26H,6-7,10-13H2,(H,24,27)(H,28,29)/t15-,20+/m1/s1. The van der Waals surface area contributed by atoms with Crippen molar-refractivity contribution in [1.82, 2.24) is 20.2 Å². The van der Waals surface area contributed by atoms with Gasteiger partial charge in [-0.05, 0) is 24.8 Å². The van der Waals surface area contributed by atoms with E-state index >= 15 is 0 Å². The lowest BCUT2D eigenvalue weighted by atomic mass is 9.78. The van der Waals surface area contributed by atoms with Crippen molar-refractivity contribution in [2.45, 2.75) is 31.3 Å². The highest BCUT2D eigenvalue weighted by molar-refractivity contribution is 6.29. The molecule has 0 aliphatic carbocycles. The van der Waals surface area contributed by atoms with Crippen molar-refractivity contribution in [3.63, 3.8) is 0 Å². The first kappa shape index (κ1) is 21.0. The number of piperidine rings is 1. The molecule has 1 aliphatic heterocycles. The molecular weight excluding hydrogens is 396 g/mol. The van der Waals surface area contributed by atoms with Gasteiger partial charge in [-0.1, -0.05) is 41.9 Å². The summed E-state index contributed by atoms with van der Waals surface area (Å²) in [5.74, 6) is -0.791. The Morgan fingerprint density at radius 2 is 1.97 bits per heavy atom. The van der Waals surface area contributed by atoms with Crippen LogP contribution in [0.4, 0.5) is 4.79 Å². The number of amides is 2. The molecule has 1 aliphatic rings. The third-order valence-electron chi connectivity index (χ3n) is 5.36. The molecule has 0 saturated carbocycles. The number of carbonyl (C=O) groups excluding carboxylic acids is 1. The SMILES string of the molecule is O=C(NCc1nccnc1Cl)[C@@H]1CC[C@@](CO)(Cc2ccccc2)N(C(=O)O)C1. The molecule has 1 aromatic heterocycles. The number of likely N-dealkylation sites (tertiary alicyclic amines) is 1. The highest BCUT2D eigenvalue weighted by Gasteiger charge is 2.45. The number of hydrogen-bond acceptors (Lipinski definition) is 5. The van der Waals surface area contributed by atoms with Crippen molar-refractivity contribution in [3.05, 3.63) is 59.1 Å². The molecule has 1 fully saturated rings. The monoisotopic (exact) mass is 418 g/mol. The van der Waals surface area contributed by atoms with Crippen molar-refractivity contribution >= 4 is 23.6 Å². The van der Waals surface area contributed by atoms with Gasteiger partial charge in [0, 0.05) is 18.9 Å². The summed E-state index contributed by atoms with van der Waals surface area (Å²) in [7, 11) is 0. The van der Waals surface area contributed by atoms with Crippen LogP contribution in [0.15, 0.2) is 42.7 Å². The largest absolute Gasteiger partial charge is 0.465 e. The Morgan fingerprint density at radius 1 is 1.24 bits per heavy atom. The van der Waals surface area contributed by atoms with Crippen molar-refractivity contribution in [1.29, 1.82) is 0 Å². The minimum absolute atomic E-state index is 0.0166. The molecule has 9 heteroatoms. The summed E-state index contributed by atoms with van der Waals surface area (Å²) in [6.07, 6.45) is 3.04. The highest BCUT2D eigenvalue weighted by Crippen LogP contribution is 2.34. The van der Waals surface area contributed by atoms with E-state index in [0.717, 1.165) is 5.56 Å². The average molecular weight is 419 g/mol. The predicted octanol–water partition coefficient (Wildman–Crippen LogP) is 2.11. The van der Waals surface area contributed by atoms with Crippen LogP contribution in [-0.4, -0.2) is 55.8 Å². The van der Waals surface area contributed by atoms with Crippen molar-refractivity contribution < 1.29 is 19.8 Å². The number of carboxylic acid groups (broad SMARTS) is 1. The van der Waals surface area contributed by atoms with Gasteiger partial charge in [0.15, 0.2) is 5.15 Å². The van der Waals surface area contributed by atoms with Crippen LogP contribution in [0.3, 0.4) is 0 Å². The molecule has 1 saturated heterocycles. The van der Waals surface area contributed by atoms with Gasteiger partial charge in [0.25, 0.3) is 0 Å². The molecule has 2 atom stereocenters. The third kappa shape index (κ3) is 4.83. The molecule has 1 aromatic carbocycles. The lowest BCUT2D eigenvalue weighted by Crippen LogP contribution is -2.61. The Morgan fingerprint density at radius 3 is 2.62 bits per heavy atom. The number of halogens is 1. The van der Waals surface area contributed by atoms with Crippen molar-refractivity contribution in [3.8, 4) is 0 Å². The van der Waals surface area contributed by atoms with E-state index in [9.17, 15) is 19.8 Å². The van der Waals surface area contributed by atoms with Crippen LogP contribution in [0.25, 0.3) is 0 Å². The van der Waals surface area contributed by atoms with E-state index in [4.69, 9.17) is 11.6 Å². The second kappa shape index (κ2) is 9.19. The second-order valence-electron chi connectivity index (χ2n) is 7.19. The summed E-state index contributed by atoms with van der Waals surface area (Å²) in [4.78, 5) is 33.8. The number of aliphatic hydroxyl groups is 1. The Bertz CT molecular complexity index is 867. The fraction of sp³-hybridized carbons (Fsp3) is 0.400. The van der Waals surface area contributed by atoms with Gasteiger partial charge in [0.2, 0.25) is 5.91 Å². The number of aromatic nitrogens is 2. The topological polar surface area (TPSA) is 116 Å². The van der Waals surface area contributed by atoms with Crippen LogP contribution in [0.1, 0.15) is 24.1 Å². The van der Waals surface area contributed by atoms with E-state index in [1.54, 1.807) is 0 Å².